The Morgan fingerprint density at radius 2 is 1.90 bits per heavy atom. The van der Waals surface area contributed by atoms with Crippen molar-refractivity contribution in [3.8, 4) is 0 Å². The summed E-state index contributed by atoms with van der Waals surface area (Å²) in [6, 6.07) is 16.4. The number of aromatic amines is 1. The number of aryl methyl sites for hydroxylation is 1. The van der Waals surface area contributed by atoms with E-state index in [2.05, 4.69) is 54.3 Å². The molecule has 4 heterocycles. The highest BCUT2D eigenvalue weighted by atomic mass is 32.1. The number of hydrogen-bond donors (Lipinski definition) is 2. The molecule has 2 N–H and O–H groups in total. The molecule has 1 amide bonds. The number of carbonyl (C=O) groups excluding carboxylic acids is 1. The summed E-state index contributed by atoms with van der Waals surface area (Å²) < 4.78 is 0.907. The van der Waals surface area contributed by atoms with Crippen LogP contribution in [-0.4, -0.2) is 56.8 Å². The summed E-state index contributed by atoms with van der Waals surface area (Å²) in [6.07, 6.45) is 4.05. The van der Waals surface area contributed by atoms with Gasteiger partial charge in [-0.1, -0.05) is 41.7 Å². The first-order valence-electron chi connectivity index (χ1n) is 13.3. The maximum atomic E-state index is 13.5. The number of thiazole rings is 1. The van der Waals surface area contributed by atoms with E-state index < -0.39 is 0 Å². The van der Waals surface area contributed by atoms with Gasteiger partial charge >= 0.3 is 4.87 Å². The molecule has 0 radical (unpaired) electrons. The standard InChI is InChI=1S/C29H28N6O2S2/c36-28(35-12-10-34(11-13-35)16-18-4-2-1-3-5-18)19-6-8-21-23(14-19)38-27-25(21)26(30-17-31-27)32-20-7-9-22-24(15-20)39-29(37)33-22/h1-5,7,9,15,17,19H,6,8,10-14,16H2,(H,33,37)(H,30,31,32)/t19-/m1/s1. The SMILES string of the molecule is O=C([C@@H]1CCc2c(sc3ncnc(Nc4ccc5[nH]c(=O)sc5c4)c23)C1)N1CCN(Cc2ccccc2)CC1. The first-order valence-corrected chi connectivity index (χ1v) is 14.9. The number of nitrogens with zero attached hydrogens (tertiary/aromatic N) is 4. The van der Waals surface area contributed by atoms with Gasteiger partial charge in [0.1, 0.15) is 17.0 Å². The van der Waals surface area contributed by atoms with Crippen LogP contribution < -0.4 is 10.2 Å². The second-order valence-electron chi connectivity index (χ2n) is 10.3. The van der Waals surface area contributed by atoms with E-state index in [1.54, 1.807) is 17.7 Å². The summed E-state index contributed by atoms with van der Waals surface area (Å²) in [7, 11) is 0. The third kappa shape index (κ3) is 4.84. The average Bonchev–Trinajstić information content (AvgIpc) is 3.52. The molecular weight excluding hydrogens is 528 g/mol. The highest BCUT2D eigenvalue weighted by Gasteiger charge is 2.33. The van der Waals surface area contributed by atoms with Gasteiger partial charge < -0.3 is 15.2 Å². The van der Waals surface area contributed by atoms with Gasteiger partial charge in [-0.05, 0) is 48.6 Å². The van der Waals surface area contributed by atoms with Gasteiger partial charge in [0.25, 0.3) is 0 Å². The number of piperazine rings is 1. The largest absolute Gasteiger partial charge is 0.340 e. The van der Waals surface area contributed by atoms with Crippen LogP contribution in [0.2, 0.25) is 0 Å². The minimum atomic E-state index is -0.0587. The number of fused-ring (bicyclic) bond motifs is 4. The van der Waals surface area contributed by atoms with Crippen molar-refractivity contribution < 1.29 is 4.79 Å². The number of benzene rings is 2. The normalized spacial score (nSPS) is 17.9. The number of H-pyrrole nitrogens is 1. The van der Waals surface area contributed by atoms with Crippen molar-refractivity contribution in [1.82, 2.24) is 24.8 Å². The zero-order valence-corrected chi connectivity index (χ0v) is 23.0. The quantitative estimate of drug-likeness (QED) is 0.323. The van der Waals surface area contributed by atoms with Crippen molar-refractivity contribution in [3.05, 3.63) is 80.5 Å². The van der Waals surface area contributed by atoms with Gasteiger partial charge in [-0.3, -0.25) is 14.5 Å². The van der Waals surface area contributed by atoms with Crippen LogP contribution >= 0.6 is 22.7 Å². The first-order chi connectivity index (χ1) is 19.1. The van der Waals surface area contributed by atoms with Gasteiger partial charge in [-0.2, -0.15) is 0 Å². The maximum Gasteiger partial charge on any atom is 0.305 e. The molecule has 2 aliphatic rings. The molecule has 0 bridgehead atoms. The molecule has 39 heavy (non-hydrogen) atoms. The Hall–Kier alpha value is -3.60. The molecule has 10 heteroatoms. The highest BCUT2D eigenvalue weighted by molar-refractivity contribution is 7.19. The van der Waals surface area contributed by atoms with Gasteiger partial charge in [0.2, 0.25) is 5.91 Å². The van der Waals surface area contributed by atoms with Gasteiger partial charge in [0.15, 0.2) is 0 Å². The fourth-order valence-electron chi connectivity index (χ4n) is 5.80. The zero-order chi connectivity index (χ0) is 26.3. The van der Waals surface area contributed by atoms with Crippen molar-refractivity contribution in [1.29, 1.82) is 0 Å². The van der Waals surface area contributed by atoms with E-state index in [1.807, 2.05) is 24.3 Å². The summed E-state index contributed by atoms with van der Waals surface area (Å²) >= 11 is 2.88. The number of amides is 1. The fourth-order valence-corrected chi connectivity index (χ4v) is 7.84. The number of thiophene rings is 1. The summed E-state index contributed by atoms with van der Waals surface area (Å²) in [4.78, 5) is 43.8. The lowest BCUT2D eigenvalue weighted by molar-refractivity contribution is -0.137. The molecular formula is C29H28N6O2S2. The second kappa shape index (κ2) is 10.2. The number of aromatic nitrogens is 3. The number of anilines is 2. The van der Waals surface area contributed by atoms with Crippen molar-refractivity contribution in [2.24, 2.45) is 5.92 Å². The highest BCUT2D eigenvalue weighted by Crippen LogP contribution is 2.41. The van der Waals surface area contributed by atoms with Crippen LogP contribution in [0.15, 0.2) is 59.7 Å². The molecule has 7 rings (SSSR count). The van der Waals surface area contributed by atoms with Gasteiger partial charge in [-0.15, -0.1) is 11.3 Å². The van der Waals surface area contributed by atoms with E-state index in [0.717, 1.165) is 83.9 Å². The Labute approximate surface area is 233 Å². The lowest BCUT2D eigenvalue weighted by Crippen LogP contribution is -2.50. The molecule has 1 aliphatic heterocycles. The molecule has 1 fully saturated rings. The van der Waals surface area contributed by atoms with Crippen LogP contribution in [0.4, 0.5) is 11.5 Å². The average molecular weight is 557 g/mol. The predicted octanol–water partition coefficient (Wildman–Crippen LogP) is 4.79. The minimum absolute atomic E-state index is 0.0226. The molecule has 5 aromatic rings. The lowest BCUT2D eigenvalue weighted by atomic mass is 9.86. The third-order valence-corrected chi connectivity index (χ3v) is 9.82. The van der Waals surface area contributed by atoms with Crippen molar-refractivity contribution in [3.63, 3.8) is 0 Å². The fraction of sp³-hybridized carbons (Fsp3) is 0.310. The van der Waals surface area contributed by atoms with Gasteiger partial charge in [0.05, 0.1) is 15.6 Å². The molecule has 0 spiro atoms. The predicted molar refractivity (Wildman–Crippen MR) is 157 cm³/mol. The summed E-state index contributed by atoms with van der Waals surface area (Å²) in [5.74, 6) is 1.09. The van der Waals surface area contributed by atoms with Crippen LogP contribution in [0.5, 0.6) is 0 Å². The van der Waals surface area contributed by atoms with E-state index in [-0.39, 0.29) is 10.8 Å². The van der Waals surface area contributed by atoms with E-state index in [4.69, 9.17) is 0 Å². The molecule has 1 saturated heterocycles. The molecule has 198 valence electrons. The van der Waals surface area contributed by atoms with Crippen molar-refractivity contribution >= 4 is 60.5 Å². The van der Waals surface area contributed by atoms with E-state index in [0.29, 0.717) is 5.91 Å². The van der Waals surface area contributed by atoms with Crippen LogP contribution in [-0.2, 0) is 24.2 Å². The first kappa shape index (κ1) is 24.4. The smallest absolute Gasteiger partial charge is 0.305 e. The summed E-state index contributed by atoms with van der Waals surface area (Å²) in [5.41, 5.74) is 4.31. The molecule has 3 aromatic heterocycles. The van der Waals surface area contributed by atoms with Crippen molar-refractivity contribution in [2.45, 2.75) is 25.8 Å². The number of carbonyl (C=O) groups is 1. The Balaban J connectivity index is 1.05. The second-order valence-corrected chi connectivity index (χ2v) is 12.4. The number of rotatable bonds is 5. The number of hydrogen-bond acceptors (Lipinski definition) is 8. The Kier molecular flexibility index (Phi) is 6.38. The van der Waals surface area contributed by atoms with Gasteiger partial charge in [-0.25, -0.2) is 9.97 Å². The van der Waals surface area contributed by atoms with Crippen LogP contribution in [0.1, 0.15) is 22.4 Å². The Morgan fingerprint density at radius 1 is 1.05 bits per heavy atom. The Bertz CT molecular complexity index is 1720. The Morgan fingerprint density at radius 3 is 2.74 bits per heavy atom. The van der Waals surface area contributed by atoms with Crippen LogP contribution in [0.25, 0.3) is 20.4 Å². The van der Waals surface area contributed by atoms with Crippen LogP contribution in [0.3, 0.4) is 0 Å². The monoisotopic (exact) mass is 556 g/mol. The van der Waals surface area contributed by atoms with Gasteiger partial charge in [0, 0.05) is 49.2 Å². The summed E-state index contributed by atoms with van der Waals surface area (Å²) in [6.45, 7) is 4.35. The van der Waals surface area contributed by atoms with Crippen molar-refractivity contribution in [2.75, 3.05) is 31.5 Å². The van der Waals surface area contributed by atoms with E-state index in [9.17, 15) is 9.59 Å². The third-order valence-electron chi connectivity index (χ3n) is 7.81. The van der Waals surface area contributed by atoms with E-state index in [1.165, 1.54) is 27.3 Å². The molecule has 1 atom stereocenters. The molecule has 1 aliphatic carbocycles. The molecule has 0 unspecified atom stereocenters. The molecule has 0 saturated carbocycles. The molecule has 2 aromatic carbocycles. The lowest BCUT2D eigenvalue weighted by Gasteiger charge is -2.37. The topological polar surface area (TPSA) is 94.2 Å². The zero-order valence-electron chi connectivity index (χ0n) is 21.4. The minimum Gasteiger partial charge on any atom is -0.340 e. The summed E-state index contributed by atoms with van der Waals surface area (Å²) in [5, 5.41) is 4.51. The maximum absolute atomic E-state index is 13.5. The van der Waals surface area contributed by atoms with E-state index >= 15 is 0 Å². The number of nitrogens with one attached hydrogen (secondary N) is 2. The van der Waals surface area contributed by atoms with Crippen LogP contribution in [0, 0.1) is 5.92 Å². The molecule has 8 nitrogen and oxygen atoms in total.